The number of nitriles is 1. The van der Waals surface area contributed by atoms with Crippen LogP contribution in [0.3, 0.4) is 0 Å². The van der Waals surface area contributed by atoms with Gasteiger partial charge in [0.2, 0.25) is 10.0 Å². The zero-order valence-electron chi connectivity index (χ0n) is 19.7. The monoisotopic (exact) mass is 485 g/mol. The lowest BCUT2D eigenvalue weighted by Crippen LogP contribution is -2.49. The summed E-state index contributed by atoms with van der Waals surface area (Å²) in [6.07, 6.45) is 3.96. The number of benzene rings is 2. The standard InChI is InChI=1S/C27H27N5O2S/c1-19-10-12-20(13-11-19)35(33,34)31-16-14-30(15-17-31)27-22-7-3-2-6-21(22)23(18-28)26-29-24-8-4-5-9-25(24)32(26)27/h4-5,8-13H,2-3,6-7,14-17H2,1H3. The minimum absolute atomic E-state index is 0.343. The molecule has 4 aromatic rings. The molecule has 0 spiro atoms. The summed E-state index contributed by atoms with van der Waals surface area (Å²) < 4.78 is 30.3. The van der Waals surface area contributed by atoms with Gasteiger partial charge >= 0.3 is 0 Å². The van der Waals surface area contributed by atoms with E-state index in [1.807, 2.05) is 43.3 Å². The molecule has 0 saturated carbocycles. The smallest absolute Gasteiger partial charge is 0.243 e. The number of fused-ring (bicyclic) bond motifs is 4. The molecule has 0 unspecified atom stereocenters. The second-order valence-corrected chi connectivity index (χ2v) is 11.4. The number of hydrogen-bond donors (Lipinski definition) is 0. The van der Waals surface area contributed by atoms with Crippen molar-refractivity contribution in [3.63, 3.8) is 0 Å². The molecule has 2 aliphatic rings. The summed E-state index contributed by atoms with van der Waals surface area (Å²) in [5, 5.41) is 10.1. The molecular formula is C27H27N5O2S. The van der Waals surface area contributed by atoms with Crippen LogP contribution in [-0.4, -0.2) is 48.3 Å². The number of piperazine rings is 1. The summed E-state index contributed by atoms with van der Waals surface area (Å²) in [7, 11) is -3.53. The molecule has 2 aromatic carbocycles. The molecule has 8 heteroatoms. The van der Waals surface area contributed by atoms with Crippen molar-refractivity contribution in [2.45, 2.75) is 37.5 Å². The summed E-state index contributed by atoms with van der Waals surface area (Å²) >= 11 is 0. The van der Waals surface area contributed by atoms with E-state index in [1.165, 1.54) is 5.56 Å². The summed E-state index contributed by atoms with van der Waals surface area (Å²) in [5.74, 6) is 1.08. The van der Waals surface area contributed by atoms with Crippen LogP contribution in [0.2, 0.25) is 0 Å². The molecule has 1 aliphatic heterocycles. The first kappa shape index (κ1) is 22.1. The first-order valence-corrected chi connectivity index (χ1v) is 13.6. The quantitative estimate of drug-likeness (QED) is 0.437. The van der Waals surface area contributed by atoms with Crippen LogP contribution < -0.4 is 4.90 Å². The molecule has 0 bridgehead atoms. The van der Waals surface area contributed by atoms with E-state index in [9.17, 15) is 13.7 Å². The Morgan fingerprint density at radius 3 is 2.31 bits per heavy atom. The van der Waals surface area contributed by atoms with Gasteiger partial charge in [0.15, 0.2) is 5.65 Å². The first-order chi connectivity index (χ1) is 17.0. The van der Waals surface area contributed by atoms with Crippen molar-refractivity contribution in [1.29, 1.82) is 5.26 Å². The van der Waals surface area contributed by atoms with Gasteiger partial charge in [-0.2, -0.15) is 9.57 Å². The van der Waals surface area contributed by atoms with E-state index in [0.717, 1.165) is 53.7 Å². The number of hydrogen-bond acceptors (Lipinski definition) is 5. The van der Waals surface area contributed by atoms with Crippen molar-refractivity contribution < 1.29 is 8.42 Å². The van der Waals surface area contributed by atoms with Gasteiger partial charge in [-0.3, -0.25) is 4.40 Å². The zero-order valence-corrected chi connectivity index (χ0v) is 20.6. The molecule has 35 heavy (non-hydrogen) atoms. The number of aryl methyl sites for hydroxylation is 1. The molecule has 0 amide bonds. The number of anilines is 1. The number of rotatable bonds is 3. The Bertz CT molecular complexity index is 1590. The van der Waals surface area contributed by atoms with Crippen LogP contribution in [0.15, 0.2) is 53.4 Å². The molecule has 0 N–H and O–H groups in total. The van der Waals surface area contributed by atoms with Gasteiger partial charge in [0.1, 0.15) is 11.9 Å². The normalized spacial score (nSPS) is 17.0. The highest BCUT2D eigenvalue weighted by molar-refractivity contribution is 7.89. The van der Waals surface area contributed by atoms with Gasteiger partial charge in [0.05, 0.1) is 21.5 Å². The second kappa shape index (κ2) is 8.36. The molecule has 6 rings (SSSR count). The molecule has 1 fully saturated rings. The molecule has 178 valence electrons. The molecule has 2 aromatic heterocycles. The van der Waals surface area contributed by atoms with E-state index in [-0.39, 0.29) is 0 Å². The average Bonchev–Trinajstić information content (AvgIpc) is 3.26. The third-order valence-corrected chi connectivity index (χ3v) is 9.26. The summed E-state index contributed by atoms with van der Waals surface area (Å²) in [4.78, 5) is 7.50. The third-order valence-electron chi connectivity index (χ3n) is 7.34. The topological polar surface area (TPSA) is 81.7 Å². The molecule has 0 atom stereocenters. The Morgan fingerprint density at radius 1 is 0.914 bits per heavy atom. The van der Waals surface area contributed by atoms with Gasteiger partial charge < -0.3 is 4.90 Å². The fourth-order valence-electron chi connectivity index (χ4n) is 5.56. The fraction of sp³-hybridized carbons (Fsp3) is 0.333. The largest absolute Gasteiger partial charge is 0.355 e. The van der Waals surface area contributed by atoms with Crippen LogP contribution in [0.1, 0.15) is 35.1 Å². The summed E-state index contributed by atoms with van der Waals surface area (Å²) in [6, 6.07) is 17.5. The maximum atomic E-state index is 13.3. The number of aromatic nitrogens is 2. The number of pyridine rings is 1. The molecular weight excluding hydrogens is 458 g/mol. The number of nitrogens with zero attached hydrogens (tertiary/aromatic N) is 5. The fourth-order valence-corrected chi connectivity index (χ4v) is 6.98. The van der Waals surface area contributed by atoms with Crippen LogP contribution >= 0.6 is 0 Å². The van der Waals surface area contributed by atoms with E-state index < -0.39 is 10.0 Å². The molecule has 3 heterocycles. The highest BCUT2D eigenvalue weighted by Gasteiger charge is 2.32. The summed E-state index contributed by atoms with van der Waals surface area (Å²) in [5.41, 5.74) is 6.62. The van der Waals surface area contributed by atoms with Crippen LogP contribution in [0.4, 0.5) is 5.82 Å². The minimum Gasteiger partial charge on any atom is -0.355 e. The van der Waals surface area contributed by atoms with Gasteiger partial charge in [0, 0.05) is 26.2 Å². The highest BCUT2D eigenvalue weighted by atomic mass is 32.2. The van der Waals surface area contributed by atoms with E-state index in [0.29, 0.717) is 42.3 Å². The molecule has 7 nitrogen and oxygen atoms in total. The van der Waals surface area contributed by atoms with E-state index in [4.69, 9.17) is 4.98 Å². The van der Waals surface area contributed by atoms with E-state index in [2.05, 4.69) is 15.4 Å². The van der Waals surface area contributed by atoms with Crippen molar-refractivity contribution in [3.05, 3.63) is 70.8 Å². The van der Waals surface area contributed by atoms with Crippen LogP contribution in [0.25, 0.3) is 16.7 Å². The number of sulfonamides is 1. The Morgan fingerprint density at radius 2 is 1.60 bits per heavy atom. The Kier molecular flexibility index (Phi) is 5.28. The lowest BCUT2D eigenvalue weighted by Gasteiger charge is -2.37. The van der Waals surface area contributed by atoms with E-state index in [1.54, 1.807) is 16.4 Å². The Labute approximate surface area is 205 Å². The van der Waals surface area contributed by atoms with Crippen molar-refractivity contribution in [2.75, 3.05) is 31.1 Å². The Hall–Kier alpha value is -3.41. The van der Waals surface area contributed by atoms with Crippen LogP contribution in [-0.2, 0) is 22.9 Å². The molecule has 1 saturated heterocycles. The second-order valence-electron chi connectivity index (χ2n) is 9.44. The van der Waals surface area contributed by atoms with Crippen molar-refractivity contribution in [1.82, 2.24) is 13.7 Å². The number of para-hydroxylation sites is 2. The Balaban J connectivity index is 1.43. The third kappa shape index (κ3) is 3.49. The average molecular weight is 486 g/mol. The van der Waals surface area contributed by atoms with Crippen LogP contribution in [0.5, 0.6) is 0 Å². The minimum atomic E-state index is -3.53. The molecule has 0 radical (unpaired) electrons. The highest BCUT2D eigenvalue weighted by Crippen LogP contribution is 2.38. The maximum absolute atomic E-state index is 13.3. The van der Waals surface area contributed by atoms with Crippen molar-refractivity contribution in [3.8, 4) is 6.07 Å². The van der Waals surface area contributed by atoms with Crippen molar-refractivity contribution in [2.24, 2.45) is 0 Å². The lowest BCUT2D eigenvalue weighted by molar-refractivity contribution is 0.383. The van der Waals surface area contributed by atoms with Gasteiger partial charge in [-0.1, -0.05) is 29.8 Å². The van der Waals surface area contributed by atoms with Gasteiger partial charge in [-0.15, -0.1) is 0 Å². The van der Waals surface area contributed by atoms with Crippen molar-refractivity contribution >= 4 is 32.5 Å². The van der Waals surface area contributed by atoms with Gasteiger partial charge in [-0.05, 0) is 68.0 Å². The zero-order chi connectivity index (χ0) is 24.2. The number of imidazole rings is 1. The summed E-state index contributed by atoms with van der Waals surface area (Å²) in [6.45, 7) is 3.96. The maximum Gasteiger partial charge on any atom is 0.243 e. The lowest BCUT2D eigenvalue weighted by atomic mass is 9.88. The van der Waals surface area contributed by atoms with E-state index >= 15 is 0 Å². The molecule has 1 aliphatic carbocycles. The van der Waals surface area contributed by atoms with Crippen LogP contribution in [0, 0.1) is 18.3 Å². The van der Waals surface area contributed by atoms with Gasteiger partial charge in [-0.25, -0.2) is 13.4 Å². The predicted molar refractivity (Wildman–Crippen MR) is 136 cm³/mol. The first-order valence-electron chi connectivity index (χ1n) is 12.2. The van der Waals surface area contributed by atoms with Gasteiger partial charge in [0.25, 0.3) is 0 Å². The predicted octanol–water partition coefficient (Wildman–Crippen LogP) is 4.06. The SMILES string of the molecule is Cc1ccc(S(=O)(=O)N2CCN(c3c4c(c(C#N)c5nc6ccccc6n35)CCCC4)CC2)cc1.